The van der Waals surface area contributed by atoms with E-state index in [1.54, 1.807) is 12.1 Å². The van der Waals surface area contributed by atoms with E-state index < -0.39 is 0 Å². The quantitative estimate of drug-likeness (QED) is 0.602. The lowest BCUT2D eigenvalue weighted by Gasteiger charge is -1.98. The summed E-state index contributed by atoms with van der Waals surface area (Å²) in [5.41, 5.74) is 2.12. The van der Waals surface area contributed by atoms with Crippen molar-refractivity contribution in [2.45, 2.75) is 32.2 Å². The summed E-state index contributed by atoms with van der Waals surface area (Å²) in [6.07, 6.45) is 3.13. The number of rotatable bonds is 3. The molecule has 0 N–H and O–H groups in total. The monoisotopic (exact) mass is 231 g/mol. The van der Waals surface area contributed by atoms with Gasteiger partial charge in [0, 0.05) is 17.5 Å². The Morgan fingerprint density at radius 1 is 1.53 bits per heavy atom. The maximum absolute atomic E-state index is 10.8. The van der Waals surface area contributed by atoms with E-state index in [-0.39, 0.29) is 10.6 Å². The van der Waals surface area contributed by atoms with Crippen molar-refractivity contribution in [2.24, 2.45) is 0 Å². The van der Waals surface area contributed by atoms with Gasteiger partial charge >= 0.3 is 0 Å². The third-order valence-electron chi connectivity index (χ3n) is 3.20. The summed E-state index contributed by atoms with van der Waals surface area (Å²) in [6.45, 7) is 2.03. The molecule has 1 aliphatic carbocycles. The van der Waals surface area contributed by atoms with Crippen LogP contribution in [0.2, 0.25) is 0 Å². The predicted octanol–water partition coefficient (Wildman–Crippen LogP) is 2.84. The van der Waals surface area contributed by atoms with Gasteiger partial charge in [-0.3, -0.25) is 14.8 Å². The van der Waals surface area contributed by atoms with Crippen LogP contribution in [0, 0.1) is 10.1 Å². The van der Waals surface area contributed by atoms with Crippen molar-refractivity contribution in [1.29, 1.82) is 0 Å². The molecule has 0 unspecified atom stereocenters. The Labute approximate surface area is 98.2 Å². The molecule has 2 aromatic rings. The van der Waals surface area contributed by atoms with Crippen LogP contribution in [0.4, 0.5) is 5.69 Å². The van der Waals surface area contributed by atoms with E-state index in [0.717, 1.165) is 35.9 Å². The van der Waals surface area contributed by atoms with E-state index in [1.165, 1.54) is 0 Å². The molecule has 0 spiro atoms. The Hall–Kier alpha value is -1.91. The van der Waals surface area contributed by atoms with E-state index >= 15 is 0 Å². The molecule has 0 bridgehead atoms. The van der Waals surface area contributed by atoms with Crippen LogP contribution in [0.15, 0.2) is 18.2 Å². The zero-order chi connectivity index (χ0) is 12.0. The molecule has 3 rings (SSSR count). The minimum absolute atomic E-state index is 0.141. The van der Waals surface area contributed by atoms with Gasteiger partial charge in [0.2, 0.25) is 0 Å². The fourth-order valence-corrected chi connectivity index (χ4v) is 2.16. The smallest absolute Gasteiger partial charge is 0.262 e. The lowest BCUT2D eigenvalue weighted by atomic mass is 10.1. The van der Waals surface area contributed by atoms with E-state index in [1.807, 2.05) is 17.7 Å². The summed E-state index contributed by atoms with van der Waals surface area (Å²) >= 11 is 0. The van der Waals surface area contributed by atoms with Gasteiger partial charge in [-0.1, -0.05) is 6.92 Å². The summed E-state index contributed by atoms with van der Waals surface area (Å²) in [5, 5.41) is 16.3. The van der Waals surface area contributed by atoms with Gasteiger partial charge in [0.05, 0.1) is 22.2 Å². The first kappa shape index (κ1) is 10.3. The number of nitro groups is 1. The fourth-order valence-electron chi connectivity index (χ4n) is 2.16. The van der Waals surface area contributed by atoms with Crippen LogP contribution in [0.3, 0.4) is 0 Å². The minimum atomic E-state index is -0.354. The third kappa shape index (κ3) is 1.58. The van der Waals surface area contributed by atoms with Crippen LogP contribution in [0.1, 0.15) is 31.5 Å². The van der Waals surface area contributed by atoms with Crippen LogP contribution in [-0.4, -0.2) is 14.7 Å². The van der Waals surface area contributed by atoms with Crippen LogP contribution < -0.4 is 0 Å². The molecule has 1 aromatic heterocycles. The Kier molecular flexibility index (Phi) is 2.14. The number of fused-ring (bicyclic) bond motifs is 1. The average molecular weight is 231 g/mol. The summed E-state index contributed by atoms with van der Waals surface area (Å²) < 4.78 is 2.03. The van der Waals surface area contributed by atoms with Gasteiger partial charge in [0.25, 0.3) is 5.69 Å². The number of aryl methyl sites for hydroxylation is 1. The highest BCUT2D eigenvalue weighted by Crippen LogP contribution is 2.38. The zero-order valence-electron chi connectivity index (χ0n) is 9.59. The third-order valence-corrected chi connectivity index (χ3v) is 3.20. The molecule has 88 valence electrons. The first-order chi connectivity index (χ1) is 8.20. The molecule has 0 saturated heterocycles. The second-order valence-corrected chi connectivity index (χ2v) is 4.43. The van der Waals surface area contributed by atoms with Crippen molar-refractivity contribution in [2.75, 3.05) is 0 Å². The SMILES string of the molecule is CCc1nn(C2CC2)c2ccc([N+](=O)[O-])cc12. The van der Waals surface area contributed by atoms with Crippen molar-refractivity contribution in [3.8, 4) is 0 Å². The summed E-state index contributed by atoms with van der Waals surface area (Å²) in [4.78, 5) is 10.4. The Morgan fingerprint density at radius 3 is 2.88 bits per heavy atom. The number of hydrogen-bond acceptors (Lipinski definition) is 3. The van der Waals surface area contributed by atoms with Crippen LogP contribution in [0.5, 0.6) is 0 Å². The van der Waals surface area contributed by atoms with Crippen molar-refractivity contribution >= 4 is 16.6 Å². The predicted molar refractivity (Wildman–Crippen MR) is 64.0 cm³/mol. The van der Waals surface area contributed by atoms with Crippen LogP contribution in [-0.2, 0) is 6.42 Å². The van der Waals surface area contributed by atoms with Gasteiger partial charge in [-0.25, -0.2) is 0 Å². The highest BCUT2D eigenvalue weighted by atomic mass is 16.6. The fraction of sp³-hybridized carbons (Fsp3) is 0.417. The number of aromatic nitrogens is 2. The topological polar surface area (TPSA) is 61.0 Å². The Balaban J connectivity index is 2.23. The molecular weight excluding hydrogens is 218 g/mol. The first-order valence-electron chi connectivity index (χ1n) is 5.86. The van der Waals surface area contributed by atoms with Crippen molar-refractivity contribution in [3.63, 3.8) is 0 Å². The van der Waals surface area contributed by atoms with Crippen molar-refractivity contribution < 1.29 is 4.92 Å². The highest BCUT2D eigenvalue weighted by molar-refractivity contribution is 5.84. The lowest BCUT2D eigenvalue weighted by molar-refractivity contribution is -0.384. The van der Waals surface area contributed by atoms with Crippen LogP contribution in [0.25, 0.3) is 10.9 Å². The van der Waals surface area contributed by atoms with Gasteiger partial charge in [0.15, 0.2) is 0 Å². The maximum atomic E-state index is 10.8. The van der Waals surface area contributed by atoms with Gasteiger partial charge < -0.3 is 0 Å². The van der Waals surface area contributed by atoms with Crippen LogP contribution >= 0.6 is 0 Å². The number of nitrogens with zero attached hydrogens (tertiary/aromatic N) is 3. The molecule has 1 aliphatic rings. The van der Waals surface area contributed by atoms with E-state index in [2.05, 4.69) is 5.10 Å². The normalized spacial score (nSPS) is 15.4. The summed E-state index contributed by atoms with van der Waals surface area (Å²) in [7, 11) is 0. The molecule has 1 fully saturated rings. The summed E-state index contributed by atoms with van der Waals surface area (Å²) in [6, 6.07) is 5.51. The second-order valence-electron chi connectivity index (χ2n) is 4.43. The number of nitro benzene ring substituents is 1. The lowest BCUT2D eigenvalue weighted by Crippen LogP contribution is -1.96. The van der Waals surface area contributed by atoms with Gasteiger partial charge in [-0.15, -0.1) is 0 Å². The molecule has 0 radical (unpaired) electrons. The molecule has 1 heterocycles. The molecule has 5 heteroatoms. The van der Waals surface area contributed by atoms with Gasteiger partial charge in [0.1, 0.15) is 0 Å². The molecule has 5 nitrogen and oxygen atoms in total. The Bertz CT molecular complexity index is 599. The number of non-ortho nitro benzene ring substituents is 1. The van der Waals surface area contributed by atoms with Gasteiger partial charge in [-0.05, 0) is 25.3 Å². The molecule has 0 atom stereocenters. The number of benzene rings is 1. The Morgan fingerprint density at radius 2 is 2.29 bits per heavy atom. The first-order valence-corrected chi connectivity index (χ1v) is 5.86. The molecule has 1 saturated carbocycles. The molecule has 0 aliphatic heterocycles. The molecule has 17 heavy (non-hydrogen) atoms. The molecular formula is C12H13N3O2. The molecule has 0 amide bonds. The van der Waals surface area contributed by atoms with Crippen molar-refractivity contribution in [1.82, 2.24) is 9.78 Å². The van der Waals surface area contributed by atoms with E-state index in [0.29, 0.717) is 6.04 Å². The second kappa shape index (κ2) is 3.55. The van der Waals surface area contributed by atoms with Crippen molar-refractivity contribution in [3.05, 3.63) is 34.0 Å². The maximum Gasteiger partial charge on any atom is 0.270 e. The van der Waals surface area contributed by atoms with E-state index in [9.17, 15) is 10.1 Å². The largest absolute Gasteiger partial charge is 0.270 e. The summed E-state index contributed by atoms with van der Waals surface area (Å²) in [5.74, 6) is 0. The zero-order valence-corrected chi connectivity index (χ0v) is 9.59. The minimum Gasteiger partial charge on any atom is -0.262 e. The highest BCUT2D eigenvalue weighted by Gasteiger charge is 2.27. The molecule has 1 aromatic carbocycles. The average Bonchev–Trinajstić information content (AvgIpc) is 3.10. The van der Waals surface area contributed by atoms with E-state index in [4.69, 9.17) is 0 Å². The standard InChI is InChI=1S/C12H13N3O2/c1-2-11-10-7-9(15(16)17)5-6-12(10)14(13-11)8-3-4-8/h5-8H,2-4H2,1H3. The van der Waals surface area contributed by atoms with Gasteiger partial charge in [-0.2, -0.15) is 5.10 Å². The number of hydrogen-bond donors (Lipinski definition) is 0.